The molecular weight excluding hydrogens is 220 g/mol. The standard InChI is InChI=1S/C17H34O/c1-4-7-9-10-11-12-15-17(18)16(13-6-3)14-8-5-2/h16H,4-15H2,1-3H3. The van der Waals surface area contributed by atoms with E-state index in [4.69, 9.17) is 0 Å². The average Bonchev–Trinajstić information content (AvgIpc) is 2.38. The Morgan fingerprint density at radius 3 is 1.94 bits per heavy atom. The van der Waals surface area contributed by atoms with E-state index in [9.17, 15) is 4.79 Å². The molecule has 0 fully saturated rings. The van der Waals surface area contributed by atoms with Crippen molar-refractivity contribution in [3.8, 4) is 0 Å². The normalized spacial score (nSPS) is 12.6. The zero-order valence-electron chi connectivity index (χ0n) is 13.0. The van der Waals surface area contributed by atoms with Crippen molar-refractivity contribution in [3.63, 3.8) is 0 Å². The van der Waals surface area contributed by atoms with Crippen molar-refractivity contribution in [2.24, 2.45) is 5.92 Å². The summed E-state index contributed by atoms with van der Waals surface area (Å²) >= 11 is 0. The summed E-state index contributed by atoms with van der Waals surface area (Å²) in [6, 6.07) is 0. The van der Waals surface area contributed by atoms with Crippen LogP contribution in [0.4, 0.5) is 0 Å². The van der Waals surface area contributed by atoms with Gasteiger partial charge in [0, 0.05) is 12.3 Å². The third kappa shape index (κ3) is 9.67. The lowest BCUT2D eigenvalue weighted by Crippen LogP contribution is -2.14. The van der Waals surface area contributed by atoms with Crippen molar-refractivity contribution in [1.29, 1.82) is 0 Å². The molecule has 0 aliphatic carbocycles. The second-order valence-corrected chi connectivity index (χ2v) is 5.61. The number of hydrogen-bond donors (Lipinski definition) is 0. The summed E-state index contributed by atoms with van der Waals surface area (Å²) < 4.78 is 0. The summed E-state index contributed by atoms with van der Waals surface area (Å²) in [7, 11) is 0. The minimum Gasteiger partial charge on any atom is -0.299 e. The third-order valence-corrected chi connectivity index (χ3v) is 3.78. The topological polar surface area (TPSA) is 17.1 Å². The van der Waals surface area contributed by atoms with Gasteiger partial charge in [-0.15, -0.1) is 0 Å². The van der Waals surface area contributed by atoms with Gasteiger partial charge in [0.1, 0.15) is 5.78 Å². The molecule has 108 valence electrons. The van der Waals surface area contributed by atoms with E-state index in [0.29, 0.717) is 11.7 Å². The Morgan fingerprint density at radius 1 is 0.722 bits per heavy atom. The first-order valence-corrected chi connectivity index (χ1v) is 8.28. The van der Waals surface area contributed by atoms with Crippen LogP contribution >= 0.6 is 0 Å². The number of carbonyl (C=O) groups excluding carboxylic acids is 1. The summed E-state index contributed by atoms with van der Waals surface area (Å²) in [5.74, 6) is 0.909. The minimum absolute atomic E-state index is 0.366. The van der Waals surface area contributed by atoms with Crippen LogP contribution in [0.15, 0.2) is 0 Å². The third-order valence-electron chi connectivity index (χ3n) is 3.78. The molecule has 0 bridgehead atoms. The highest BCUT2D eigenvalue weighted by molar-refractivity contribution is 5.80. The Morgan fingerprint density at radius 2 is 1.33 bits per heavy atom. The van der Waals surface area contributed by atoms with Gasteiger partial charge < -0.3 is 0 Å². The highest BCUT2D eigenvalue weighted by Crippen LogP contribution is 2.19. The molecule has 0 heterocycles. The SMILES string of the molecule is CCCCCCCCC(=O)C(CCC)CCCC. The lowest BCUT2D eigenvalue weighted by atomic mass is 9.90. The van der Waals surface area contributed by atoms with Crippen molar-refractivity contribution in [2.45, 2.75) is 97.8 Å². The van der Waals surface area contributed by atoms with E-state index < -0.39 is 0 Å². The molecule has 0 aliphatic rings. The van der Waals surface area contributed by atoms with Crippen LogP contribution in [0.5, 0.6) is 0 Å². The van der Waals surface area contributed by atoms with E-state index in [0.717, 1.165) is 32.1 Å². The van der Waals surface area contributed by atoms with Gasteiger partial charge in [0.05, 0.1) is 0 Å². The first kappa shape index (κ1) is 17.7. The summed E-state index contributed by atoms with van der Waals surface area (Å²) in [4.78, 5) is 12.1. The van der Waals surface area contributed by atoms with Gasteiger partial charge in [0.2, 0.25) is 0 Å². The van der Waals surface area contributed by atoms with Gasteiger partial charge in [-0.3, -0.25) is 4.79 Å². The Bertz CT molecular complexity index is 186. The quantitative estimate of drug-likeness (QED) is 0.373. The smallest absolute Gasteiger partial charge is 0.135 e. The monoisotopic (exact) mass is 254 g/mol. The van der Waals surface area contributed by atoms with E-state index >= 15 is 0 Å². The lowest BCUT2D eigenvalue weighted by Gasteiger charge is -2.14. The molecule has 0 N–H and O–H groups in total. The van der Waals surface area contributed by atoms with Gasteiger partial charge >= 0.3 is 0 Å². The van der Waals surface area contributed by atoms with Crippen LogP contribution in [0.2, 0.25) is 0 Å². The maximum Gasteiger partial charge on any atom is 0.135 e. The van der Waals surface area contributed by atoms with E-state index in [1.165, 1.54) is 44.9 Å². The fraction of sp³-hybridized carbons (Fsp3) is 0.941. The fourth-order valence-electron chi connectivity index (χ4n) is 2.55. The summed E-state index contributed by atoms with van der Waals surface area (Å²) in [5.41, 5.74) is 0. The maximum atomic E-state index is 12.1. The molecule has 0 amide bonds. The number of hydrogen-bond acceptors (Lipinski definition) is 1. The predicted octanol–water partition coefficient (Wildman–Crippen LogP) is 5.91. The van der Waals surface area contributed by atoms with Crippen molar-refractivity contribution < 1.29 is 4.79 Å². The number of Topliss-reactive ketones (excluding diaryl/α,β-unsaturated/α-hetero) is 1. The fourth-order valence-corrected chi connectivity index (χ4v) is 2.55. The minimum atomic E-state index is 0.366. The van der Waals surface area contributed by atoms with E-state index in [-0.39, 0.29) is 0 Å². The molecule has 0 aromatic rings. The highest BCUT2D eigenvalue weighted by Gasteiger charge is 2.15. The number of carbonyl (C=O) groups is 1. The molecule has 0 radical (unpaired) electrons. The second kappa shape index (κ2) is 13.1. The molecule has 0 spiro atoms. The van der Waals surface area contributed by atoms with Gasteiger partial charge in [0.15, 0.2) is 0 Å². The van der Waals surface area contributed by atoms with Crippen molar-refractivity contribution in [1.82, 2.24) is 0 Å². The van der Waals surface area contributed by atoms with Crippen LogP contribution in [0.3, 0.4) is 0 Å². The molecule has 1 atom stereocenters. The molecule has 0 aromatic carbocycles. The Kier molecular flexibility index (Phi) is 12.9. The van der Waals surface area contributed by atoms with Crippen LogP contribution in [-0.2, 0) is 4.79 Å². The molecule has 0 aromatic heterocycles. The first-order valence-electron chi connectivity index (χ1n) is 8.28. The van der Waals surface area contributed by atoms with Gasteiger partial charge in [-0.25, -0.2) is 0 Å². The van der Waals surface area contributed by atoms with Crippen LogP contribution < -0.4 is 0 Å². The Hall–Kier alpha value is -0.330. The molecule has 1 nitrogen and oxygen atoms in total. The molecule has 18 heavy (non-hydrogen) atoms. The maximum absolute atomic E-state index is 12.1. The van der Waals surface area contributed by atoms with Crippen molar-refractivity contribution in [3.05, 3.63) is 0 Å². The molecule has 0 aliphatic heterocycles. The van der Waals surface area contributed by atoms with Crippen LogP contribution in [0.25, 0.3) is 0 Å². The summed E-state index contributed by atoms with van der Waals surface area (Å²) in [6.45, 7) is 6.64. The molecule has 0 saturated carbocycles. The van der Waals surface area contributed by atoms with Gasteiger partial charge in [-0.2, -0.15) is 0 Å². The largest absolute Gasteiger partial charge is 0.299 e. The van der Waals surface area contributed by atoms with E-state index in [1.807, 2.05) is 0 Å². The van der Waals surface area contributed by atoms with E-state index in [2.05, 4.69) is 20.8 Å². The van der Waals surface area contributed by atoms with Crippen molar-refractivity contribution >= 4 is 5.78 Å². The lowest BCUT2D eigenvalue weighted by molar-refractivity contribution is -0.123. The van der Waals surface area contributed by atoms with Crippen LogP contribution in [0.1, 0.15) is 97.8 Å². The molecule has 0 rings (SSSR count). The zero-order valence-corrected chi connectivity index (χ0v) is 13.0. The number of rotatable bonds is 13. The highest BCUT2D eigenvalue weighted by atomic mass is 16.1. The number of ketones is 1. The van der Waals surface area contributed by atoms with Gasteiger partial charge in [-0.1, -0.05) is 72.1 Å². The molecule has 0 saturated heterocycles. The van der Waals surface area contributed by atoms with Gasteiger partial charge in [-0.05, 0) is 19.3 Å². The Balaban J connectivity index is 3.67. The van der Waals surface area contributed by atoms with Crippen molar-refractivity contribution in [2.75, 3.05) is 0 Å². The molecule has 1 unspecified atom stereocenters. The van der Waals surface area contributed by atoms with Gasteiger partial charge in [0.25, 0.3) is 0 Å². The van der Waals surface area contributed by atoms with E-state index in [1.54, 1.807) is 0 Å². The average molecular weight is 254 g/mol. The molecule has 1 heteroatoms. The summed E-state index contributed by atoms with van der Waals surface area (Å²) in [5, 5.41) is 0. The first-order chi connectivity index (χ1) is 8.76. The zero-order chi connectivity index (χ0) is 13.6. The molecular formula is C17H34O. The van der Waals surface area contributed by atoms with Crippen LogP contribution in [0, 0.1) is 5.92 Å². The number of unbranched alkanes of at least 4 members (excludes halogenated alkanes) is 6. The second-order valence-electron chi connectivity index (χ2n) is 5.61. The predicted molar refractivity (Wildman–Crippen MR) is 80.9 cm³/mol. The Labute approximate surface area is 115 Å². The summed E-state index contributed by atoms with van der Waals surface area (Å²) in [6.07, 6.45) is 14.3. The van der Waals surface area contributed by atoms with Crippen LogP contribution in [-0.4, -0.2) is 5.78 Å².